The van der Waals surface area contributed by atoms with E-state index in [4.69, 9.17) is 5.73 Å². The Hall–Kier alpha value is -2.45. The summed E-state index contributed by atoms with van der Waals surface area (Å²) < 4.78 is 0. The van der Waals surface area contributed by atoms with E-state index >= 15 is 0 Å². The molecule has 5 nitrogen and oxygen atoms in total. The molecule has 1 heterocycles. The van der Waals surface area contributed by atoms with Crippen molar-refractivity contribution in [2.24, 2.45) is 5.73 Å². The van der Waals surface area contributed by atoms with Gasteiger partial charge in [-0.2, -0.15) is 10.4 Å². The minimum atomic E-state index is 0.535. The average Bonchev–Trinajstić information content (AvgIpc) is 2.52. The zero-order valence-electron chi connectivity index (χ0n) is 11.2. The van der Waals surface area contributed by atoms with E-state index in [-0.39, 0.29) is 0 Å². The van der Waals surface area contributed by atoms with Gasteiger partial charge >= 0.3 is 0 Å². The Morgan fingerprint density at radius 1 is 1.20 bits per heavy atom. The molecule has 2 rings (SSSR count). The van der Waals surface area contributed by atoms with Crippen LogP contribution >= 0.6 is 0 Å². The molecule has 2 aromatic rings. The van der Waals surface area contributed by atoms with Crippen molar-refractivity contribution in [3.63, 3.8) is 0 Å². The molecule has 0 aliphatic carbocycles. The first-order valence-electron chi connectivity index (χ1n) is 6.56. The van der Waals surface area contributed by atoms with Crippen molar-refractivity contribution in [2.45, 2.75) is 13.0 Å². The third-order valence-electron chi connectivity index (χ3n) is 2.97. The van der Waals surface area contributed by atoms with Crippen molar-refractivity contribution in [1.82, 2.24) is 10.2 Å². The molecule has 1 aromatic heterocycles. The van der Waals surface area contributed by atoms with Crippen LogP contribution < -0.4 is 10.6 Å². The molecule has 2 N–H and O–H groups in total. The monoisotopic (exact) mass is 267 g/mol. The molecule has 0 bridgehead atoms. The molecule has 0 saturated heterocycles. The molecule has 5 heteroatoms. The van der Waals surface area contributed by atoms with Gasteiger partial charge < -0.3 is 10.6 Å². The molecule has 0 saturated carbocycles. The molecule has 102 valence electrons. The predicted molar refractivity (Wildman–Crippen MR) is 77.9 cm³/mol. The molecule has 20 heavy (non-hydrogen) atoms. The highest BCUT2D eigenvalue weighted by Crippen LogP contribution is 2.18. The first-order valence-corrected chi connectivity index (χ1v) is 6.56. The van der Waals surface area contributed by atoms with E-state index in [1.54, 1.807) is 6.07 Å². The van der Waals surface area contributed by atoms with Crippen molar-refractivity contribution in [3.05, 3.63) is 53.7 Å². The number of anilines is 1. The zero-order chi connectivity index (χ0) is 14.2. The van der Waals surface area contributed by atoms with Gasteiger partial charge in [-0.1, -0.05) is 30.3 Å². The molecule has 1 aromatic carbocycles. The van der Waals surface area contributed by atoms with E-state index in [0.717, 1.165) is 13.0 Å². The summed E-state index contributed by atoms with van der Waals surface area (Å²) in [5.74, 6) is 0.618. The van der Waals surface area contributed by atoms with Crippen LogP contribution in [0.1, 0.15) is 17.5 Å². The molecular formula is C15H17N5. The highest BCUT2D eigenvalue weighted by Gasteiger charge is 2.13. The summed E-state index contributed by atoms with van der Waals surface area (Å²) in [6.07, 6.45) is 2.37. The topological polar surface area (TPSA) is 78.8 Å². The number of hydrogen-bond acceptors (Lipinski definition) is 5. The van der Waals surface area contributed by atoms with Crippen LogP contribution in [0.15, 0.2) is 42.6 Å². The van der Waals surface area contributed by atoms with Crippen molar-refractivity contribution in [1.29, 1.82) is 5.26 Å². The number of aromatic nitrogens is 2. The minimum Gasteiger partial charge on any atom is -0.350 e. The van der Waals surface area contributed by atoms with Gasteiger partial charge in [0.15, 0.2) is 5.82 Å². The van der Waals surface area contributed by atoms with Crippen LogP contribution in [-0.2, 0) is 6.54 Å². The third-order valence-corrected chi connectivity index (χ3v) is 2.97. The predicted octanol–water partition coefficient (Wildman–Crippen LogP) is 1.70. The average molecular weight is 267 g/mol. The molecule has 0 unspecified atom stereocenters. The summed E-state index contributed by atoms with van der Waals surface area (Å²) in [5, 5.41) is 17.2. The van der Waals surface area contributed by atoms with E-state index in [9.17, 15) is 5.26 Å². The molecule has 0 amide bonds. The highest BCUT2D eigenvalue weighted by molar-refractivity contribution is 5.52. The van der Waals surface area contributed by atoms with Gasteiger partial charge in [-0.3, -0.25) is 0 Å². The SMILES string of the molecule is N#Cc1ccnnc1N(CCCN)Cc1ccccc1. The van der Waals surface area contributed by atoms with Crippen LogP contribution in [-0.4, -0.2) is 23.3 Å². The lowest BCUT2D eigenvalue weighted by Crippen LogP contribution is -2.27. The Kier molecular flexibility index (Phi) is 5.04. The number of nitriles is 1. The van der Waals surface area contributed by atoms with Crippen molar-refractivity contribution in [3.8, 4) is 6.07 Å². The Bertz CT molecular complexity index is 576. The van der Waals surface area contributed by atoms with Crippen molar-refractivity contribution in [2.75, 3.05) is 18.0 Å². The molecule has 0 fully saturated rings. The Labute approximate surface area is 118 Å². The van der Waals surface area contributed by atoms with Gasteiger partial charge in [-0.15, -0.1) is 5.10 Å². The maximum Gasteiger partial charge on any atom is 0.169 e. The van der Waals surface area contributed by atoms with Crippen LogP contribution in [0.5, 0.6) is 0 Å². The van der Waals surface area contributed by atoms with E-state index in [1.165, 1.54) is 11.8 Å². The molecule has 0 aliphatic rings. The lowest BCUT2D eigenvalue weighted by atomic mass is 10.2. The highest BCUT2D eigenvalue weighted by atomic mass is 15.3. The minimum absolute atomic E-state index is 0.535. The fourth-order valence-electron chi connectivity index (χ4n) is 1.99. The first-order chi connectivity index (χ1) is 9.85. The van der Waals surface area contributed by atoms with Gasteiger partial charge in [0, 0.05) is 13.1 Å². The molecular weight excluding hydrogens is 250 g/mol. The first kappa shape index (κ1) is 14.0. The van der Waals surface area contributed by atoms with Crippen LogP contribution in [0.3, 0.4) is 0 Å². The fraction of sp³-hybridized carbons (Fsp3) is 0.267. The Morgan fingerprint density at radius 2 is 2.00 bits per heavy atom. The van der Waals surface area contributed by atoms with Crippen LogP contribution in [0.4, 0.5) is 5.82 Å². The second kappa shape index (κ2) is 7.22. The lowest BCUT2D eigenvalue weighted by molar-refractivity contribution is 0.717. The molecule has 0 atom stereocenters. The maximum atomic E-state index is 9.19. The largest absolute Gasteiger partial charge is 0.350 e. The van der Waals surface area contributed by atoms with Crippen molar-refractivity contribution < 1.29 is 0 Å². The lowest BCUT2D eigenvalue weighted by Gasteiger charge is -2.23. The smallest absolute Gasteiger partial charge is 0.169 e. The fourth-order valence-corrected chi connectivity index (χ4v) is 1.99. The number of hydrogen-bond donors (Lipinski definition) is 1. The number of rotatable bonds is 6. The van der Waals surface area contributed by atoms with Crippen molar-refractivity contribution >= 4 is 5.82 Å². The second-order valence-corrected chi connectivity index (χ2v) is 4.43. The maximum absolute atomic E-state index is 9.19. The van der Waals surface area contributed by atoms with Gasteiger partial charge in [0.1, 0.15) is 6.07 Å². The summed E-state index contributed by atoms with van der Waals surface area (Å²) in [6, 6.07) is 13.9. The van der Waals surface area contributed by atoms with Crippen LogP contribution in [0.2, 0.25) is 0 Å². The normalized spacial score (nSPS) is 10.0. The second-order valence-electron chi connectivity index (χ2n) is 4.43. The summed E-state index contributed by atoms with van der Waals surface area (Å²) in [5.41, 5.74) is 7.29. The van der Waals surface area contributed by atoms with Gasteiger partial charge in [0.05, 0.1) is 11.8 Å². The number of nitrogens with two attached hydrogens (primary N) is 1. The zero-order valence-corrected chi connectivity index (χ0v) is 11.2. The quantitative estimate of drug-likeness (QED) is 0.861. The van der Waals surface area contributed by atoms with E-state index in [2.05, 4.69) is 28.4 Å². The summed E-state index contributed by atoms with van der Waals surface area (Å²) in [7, 11) is 0. The van der Waals surface area contributed by atoms with E-state index in [1.807, 2.05) is 23.1 Å². The van der Waals surface area contributed by atoms with Crippen LogP contribution in [0.25, 0.3) is 0 Å². The molecule has 0 aliphatic heterocycles. The summed E-state index contributed by atoms with van der Waals surface area (Å²) in [4.78, 5) is 2.05. The third kappa shape index (κ3) is 3.53. The summed E-state index contributed by atoms with van der Waals surface area (Å²) >= 11 is 0. The Balaban J connectivity index is 2.25. The molecule has 0 spiro atoms. The van der Waals surface area contributed by atoms with Gasteiger partial charge in [-0.25, -0.2) is 0 Å². The number of nitrogens with zero attached hydrogens (tertiary/aromatic N) is 4. The van der Waals surface area contributed by atoms with E-state index in [0.29, 0.717) is 24.5 Å². The van der Waals surface area contributed by atoms with Gasteiger partial charge in [0.25, 0.3) is 0 Å². The van der Waals surface area contributed by atoms with Crippen LogP contribution in [0, 0.1) is 11.3 Å². The Morgan fingerprint density at radius 3 is 2.70 bits per heavy atom. The van der Waals surface area contributed by atoms with Gasteiger partial charge in [0.2, 0.25) is 0 Å². The standard InChI is InChI=1S/C15H17N5/c16-8-4-10-20(12-13-5-2-1-3-6-13)15-14(11-17)7-9-18-19-15/h1-3,5-7,9H,4,8,10,12,16H2. The molecule has 0 radical (unpaired) electrons. The van der Waals surface area contributed by atoms with E-state index < -0.39 is 0 Å². The van der Waals surface area contributed by atoms with Gasteiger partial charge in [-0.05, 0) is 24.6 Å². The number of benzene rings is 1. The summed E-state index contributed by atoms with van der Waals surface area (Å²) in [6.45, 7) is 2.04.